The average Bonchev–Trinajstić information content (AvgIpc) is 2.84. The average molecular weight is 252 g/mol. The van der Waals surface area contributed by atoms with Crippen molar-refractivity contribution < 1.29 is 0 Å². The van der Waals surface area contributed by atoms with Gasteiger partial charge in [0, 0.05) is 31.9 Å². The van der Waals surface area contributed by atoms with Crippen LogP contribution in [0.15, 0.2) is 6.20 Å². The van der Waals surface area contributed by atoms with E-state index in [1.165, 1.54) is 19.4 Å². The topological polar surface area (TPSA) is 63.2 Å². The van der Waals surface area contributed by atoms with Gasteiger partial charge in [-0.2, -0.15) is 0 Å². The van der Waals surface area contributed by atoms with Crippen molar-refractivity contribution in [2.45, 2.75) is 32.0 Å². The summed E-state index contributed by atoms with van der Waals surface area (Å²) in [7, 11) is 4.33. The first kappa shape index (κ1) is 13.5. The Morgan fingerprint density at radius 3 is 2.94 bits per heavy atom. The third kappa shape index (κ3) is 3.51. The number of hydrogen-bond acceptors (Lipinski definition) is 5. The summed E-state index contributed by atoms with van der Waals surface area (Å²) in [5.41, 5.74) is 6.38. The van der Waals surface area contributed by atoms with E-state index in [1.807, 2.05) is 10.9 Å². The van der Waals surface area contributed by atoms with Crippen LogP contribution in [0.25, 0.3) is 0 Å². The van der Waals surface area contributed by atoms with Gasteiger partial charge >= 0.3 is 0 Å². The van der Waals surface area contributed by atoms with Gasteiger partial charge in [0.1, 0.15) is 0 Å². The largest absolute Gasteiger partial charge is 0.325 e. The fourth-order valence-corrected chi connectivity index (χ4v) is 2.44. The molecule has 0 spiro atoms. The number of aromatic nitrogens is 3. The maximum Gasteiger partial charge on any atom is 0.0962 e. The fourth-order valence-electron chi connectivity index (χ4n) is 2.44. The number of rotatable bonds is 5. The first-order chi connectivity index (χ1) is 8.69. The van der Waals surface area contributed by atoms with Crippen LogP contribution in [0.2, 0.25) is 0 Å². The van der Waals surface area contributed by atoms with Crippen molar-refractivity contribution in [1.29, 1.82) is 0 Å². The van der Waals surface area contributed by atoms with Crippen LogP contribution < -0.4 is 5.73 Å². The predicted molar refractivity (Wildman–Crippen MR) is 71.1 cm³/mol. The molecular formula is C12H24N6. The molecule has 0 bridgehead atoms. The van der Waals surface area contributed by atoms with E-state index in [2.05, 4.69) is 34.2 Å². The molecule has 102 valence electrons. The van der Waals surface area contributed by atoms with Gasteiger partial charge in [-0.25, -0.2) is 0 Å². The molecule has 2 rings (SSSR count). The molecule has 1 fully saturated rings. The molecule has 0 amide bonds. The zero-order chi connectivity index (χ0) is 13.0. The first-order valence-electron chi connectivity index (χ1n) is 6.67. The van der Waals surface area contributed by atoms with E-state index >= 15 is 0 Å². The van der Waals surface area contributed by atoms with Crippen molar-refractivity contribution in [3.05, 3.63) is 11.9 Å². The monoisotopic (exact) mass is 252 g/mol. The number of hydrogen-bond donors (Lipinski definition) is 1. The normalized spacial score (nSPS) is 21.7. The number of likely N-dealkylation sites (N-methyl/N-ethyl adjacent to an activating group) is 1. The van der Waals surface area contributed by atoms with Crippen LogP contribution in [0.5, 0.6) is 0 Å². The minimum Gasteiger partial charge on any atom is -0.325 e. The number of likely N-dealkylation sites (tertiary alicyclic amines) is 1. The second kappa shape index (κ2) is 6.26. The molecular weight excluding hydrogens is 228 g/mol. The molecule has 1 aromatic rings. The summed E-state index contributed by atoms with van der Waals surface area (Å²) in [6, 6.07) is 0.689. The highest BCUT2D eigenvalue weighted by atomic mass is 15.4. The van der Waals surface area contributed by atoms with Crippen molar-refractivity contribution in [3.63, 3.8) is 0 Å². The Morgan fingerprint density at radius 2 is 2.28 bits per heavy atom. The lowest BCUT2D eigenvalue weighted by atomic mass is 10.1. The quantitative estimate of drug-likeness (QED) is 0.784. The summed E-state index contributed by atoms with van der Waals surface area (Å²) >= 11 is 0. The summed E-state index contributed by atoms with van der Waals surface area (Å²) in [6.07, 6.45) is 4.53. The second-order valence-electron chi connectivity index (χ2n) is 5.24. The van der Waals surface area contributed by atoms with Gasteiger partial charge in [0.15, 0.2) is 0 Å². The van der Waals surface area contributed by atoms with Crippen molar-refractivity contribution in [1.82, 2.24) is 24.8 Å². The lowest BCUT2D eigenvalue weighted by Crippen LogP contribution is -2.45. The van der Waals surface area contributed by atoms with Crippen molar-refractivity contribution in [2.24, 2.45) is 5.73 Å². The molecule has 0 aliphatic carbocycles. The zero-order valence-electron chi connectivity index (χ0n) is 11.4. The van der Waals surface area contributed by atoms with Crippen LogP contribution in [0.1, 0.15) is 18.5 Å². The molecule has 2 heterocycles. The number of nitrogens with two attached hydrogens (primary N) is 1. The third-order valence-corrected chi connectivity index (χ3v) is 3.65. The van der Waals surface area contributed by atoms with Gasteiger partial charge in [-0.15, -0.1) is 5.10 Å². The van der Waals surface area contributed by atoms with Crippen molar-refractivity contribution in [3.8, 4) is 0 Å². The summed E-state index contributed by atoms with van der Waals surface area (Å²) in [5.74, 6) is 0. The van der Waals surface area contributed by atoms with Crippen LogP contribution in [-0.2, 0) is 13.1 Å². The molecule has 1 aliphatic rings. The van der Waals surface area contributed by atoms with Crippen molar-refractivity contribution >= 4 is 0 Å². The first-order valence-corrected chi connectivity index (χ1v) is 6.67. The molecule has 0 saturated carbocycles. The van der Waals surface area contributed by atoms with Crippen LogP contribution in [0.3, 0.4) is 0 Å². The Labute approximate surface area is 109 Å². The standard InChI is InChI=1S/C12H24N6/c1-16(2)12-4-3-5-17(10-12)6-7-18-9-11(8-13)14-15-18/h9,12H,3-8,10,13H2,1-2H3. The Morgan fingerprint density at radius 1 is 1.44 bits per heavy atom. The molecule has 1 aromatic heterocycles. The van der Waals surface area contributed by atoms with E-state index < -0.39 is 0 Å². The minimum atomic E-state index is 0.465. The van der Waals surface area contributed by atoms with Gasteiger partial charge in [0.05, 0.1) is 12.2 Å². The molecule has 0 aromatic carbocycles. The maximum absolute atomic E-state index is 5.52. The highest BCUT2D eigenvalue weighted by molar-refractivity contribution is 4.90. The number of nitrogens with zero attached hydrogens (tertiary/aromatic N) is 5. The van der Waals surface area contributed by atoms with Crippen LogP contribution in [0, 0.1) is 0 Å². The molecule has 6 heteroatoms. The SMILES string of the molecule is CN(C)C1CCCN(CCn2cc(CN)nn2)C1. The van der Waals surface area contributed by atoms with Gasteiger partial charge < -0.3 is 10.6 Å². The van der Waals surface area contributed by atoms with E-state index in [0.29, 0.717) is 12.6 Å². The van der Waals surface area contributed by atoms with E-state index in [4.69, 9.17) is 5.73 Å². The predicted octanol–water partition coefficient (Wildman–Crippen LogP) is -0.237. The third-order valence-electron chi connectivity index (χ3n) is 3.65. The Hall–Kier alpha value is -0.980. The summed E-state index contributed by atoms with van der Waals surface area (Å²) < 4.78 is 1.89. The Balaban J connectivity index is 1.79. The molecule has 2 N–H and O–H groups in total. The van der Waals surface area contributed by atoms with Gasteiger partial charge in [-0.1, -0.05) is 5.21 Å². The van der Waals surface area contributed by atoms with Crippen LogP contribution in [0.4, 0.5) is 0 Å². The summed E-state index contributed by atoms with van der Waals surface area (Å²) in [6.45, 7) is 4.76. The Kier molecular flexibility index (Phi) is 4.68. The highest BCUT2D eigenvalue weighted by Gasteiger charge is 2.20. The van der Waals surface area contributed by atoms with E-state index in [0.717, 1.165) is 25.3 Å². The molecule has 6 nitrogen and oxygen atoms in total. The van der Waals surface area contributed by atoms with Crippen molar-refractivity contribution in [2.75, 3.05) is 33.7 Å². The van der Waals surface area contributed by atoms with E-state index in [1.54, 1.807) is 0 Å². The molecule has 1 saturated heterocycles. The molecule has 18 heavy (non-hydrogen) atoms. The molecule has 1 unspecified atom stereocenters. The van der Waals surface area contributed by atoms with Crippen LogP contribution >= 0.6 is 0 Å². The second-order valence-corrected chi connectivity index (χ2v) is 5.24. The van der Waals surface area contributed by atoms with Gasteiger partial charge in [0.25, 0.3) is 0 Å². The Bertz CT molecular complexity index is 361. The van der Waals surface area contributed by atoms with Gasteiger partial charge in [-0.3, -0.25) is 9.58 Å². The van der Waals surface area contributed by atoms with E-state index in [-0.39, 0.29) is 0 Å². The summed E-state index contributed by atoms with van der Waals surface area (Å²) in [4.78, 5) is 4.84. The maximum atomic E-state index is 5.52. The molecule has 1 aliphatic heterocycles. The van der Waals surface area contributed by atoms with Gasteiger partial charge in [0.2, 0.25) is 0 Å². The van der Waals surface area contributed by atoms with Gasteiger partial charge in [-0.05, 0) is 33.5 Å². The molecule has 0 radical (unpaired) electrons. The number of piperidine rings is 1. The fraction of sp³-hybridized carbons (Fsp3) is 0.833. The lowest BCUT2D eigenvalue weighted by molar-refractivity contribution is 0.129. The molecule has 1 atom stereocenters. The zero-order valence-corrected chi connectivity index (χ0v) is 11.4. The van der Waals surface area contributed by atoms with E-state index in [9.17, 15) is 0 Å². The highest BCUT2D eigenvalue weighted by Crippen LogP contribution is 2.13. The van der Waals surface area contributed by atoms with Crippen LogP contribution in [-0.4, -0.2) is 64.6 Å². The summed E-state index contributed by atoms with van der Waals surface area (Å²) in [5, 5.41) is 8.08. The smallest absolute Gasteiger partial charge is 0.0962 e. The minimum absolute atomic E-state index is 0.465. The lowest BCUT2D eigenvalue weighted by Gasteiger charge is -2.36.